The van der Waals surface area contributed by atoms with Gasteiger partial charge in [-0.25, -0.2) is 28.3 Å². The van der Waals surface area contributed by atoms with Gasteiger partial charge in [-0.1, -0.05) is 89.5 Å². The molecule has 49 heavy (non-hydrogen) atoms. The first-order valence-corrected chi connectivity index (χ1v) is 18.5. The first-order chi connectivity index (χ1) is 24.0. The van der Waals surface area contributed by atoms with E-state index in [9.17, 15) is 0 Å². The van der Waals surface area contributed by atoms with Crippen molar-refractivity contribution in [1.29, 1.82) is 0 Å². The van der Waals surface area contributed by atoms with Crippen molar-refractivity contribution >= 4 is 23.2 Å². The molecule has 2 aromatic carbocycles. The fourth-order valence-corrected chi connectivity index (χ4v) is 6.30. The van der Waals surface area contributed by atoms with Crippen LogP contribution in [0.2, 0.25) is 0 Å². The van der Waals surface area contributed by atoms with E-state index >= 15 is 0 Å². The predicted molar refractivity (Wildman–Crippen MR) is 200 cm³/mol. The molecule has 0 atom stereocenters. The van der Waals surface area contributed by atoms with Gasteiger partial charge in [0.05, 0.1) is 52.8 Å². The van der Waals surface area contributed by atoms with Crippen LogP contribution in [0.5, 0.6) is 0 Å². The van der Waals surface area contributed by atoms with Gasteiger partial charge in [-0.3, -0.25) is 0 Å². The minimum absolute atomic E-state index is 0.626. The number of aryl methyl sites for hydroxylation is 4. The molecule has 2 heterocycles. The molecule has 8 heteroatoms. The zero-order valence-electron chi connectivity index (χ0n) is 31.0. The molecule has 0 radical (unpaired) electrons. The van der Waals surface area contributed by atoms with E-state index in [1.165, 1.54) is 75.3 Å². The van der Waals surface area contributed by atoms with E-state index < -0.39 is 0 Å². The number of nitrogens with zero attached hydrogens (tertiary/aromatic N) is 6. The average molecular weight is 669 g/mol. The minimum atomic E-state index is 0.626. The molecule has 0 saturated carbocycles. The first kappa shape index (κ1) is 37.6. The largest absolute Gasteiger partial charge is 0.475 e. The second-order valence-corrected chi connectivity index (χ2v) is 13.1. The van der Waals surface area contributed by atoms with Crippen LogP contribution in [0.25, 0.3) is 0 Å². The summed E-state index contributed by atoms with van der Waals surface area (Å²) in [6.45, 7) is 6.45. The summed E-state index contributed by atoms with van der Waals surface area (Å²) >= 11 is 0. The highest BCUT2D eigenvalue weighted by Gasteiger charge is 2.23. The molecule has 0 saturated heterocycles. The predicted octanol–water partition coefficient (Wildman–Crippen LogP) is 8.70. The van der Waals surface area contributed by atoms with Gasteiger partial charge in [0.2, 0.25) is 0 Å². The molecule has 0 amide bonds. The summed E-state index contributed by atoms with van der Waals surface area (Å²) < 4.78 is 20.3. The lowest BCUT2D eigenvalue weighted by Crippen LogP contribution is -2.40. The number of aromatic nitrogens is 4. The minimum Gasteiger partial charge on any atom is -0.475 e. The fraction of sp³-hybridized carbons (Fsp3) is 0.512. The third kappa shape index (κ3) is 11.4. The Morgan fingerprint density at radius 3 is 1.29 bits per heavy atom. The molecule has 2 aromatic heterocycles. The maximum atomic E-state index is 5.81. The van der Waals surface area contributed by atoms with Gasteiger partial charge in [-0.15, -0.1) is 0 Å². The summed E-state index contributed by atoms with van der Waals surface area (Å²) in [7, 11) is 7.50. The van der Waals surface area contributed by atoms with Gasteiger partial charge in [0, 0.05) is 0 Å². The monoisotopic (exact) mass is 668 g/mol. The van der Waals surface area contributed by atoms with E-state index in [1.54, 1.807) is 14.2 Å². The molecule has 0 N–H and O–H groups in total. The second kappa shape index (κ2) is 20.3. The number of hydrogen-bond donors (Lipinski definition) is 0. The summed E-state index contributed by atoms with van der Waals surface area (Å²) in [6.07, 6.45) is 24.5. The molecule has 0 fully saturated rings. The molecule has 0 unspecified atom stereocenters. The van der Waals surface area contributed by atoms with Crippen LogP contribution in [-0.2, 0) is 43.1 Å². The molecule has 8 nitrogen and oxygen atoms in total. The highest BCUT2D eigenvalue weighted by Crippen LogP contribution is 2.20. The lowest BCUT2D eigenvalue weighted by molar-refractivity contribution is -0.698. The van der Waals surface area contributed by atoms with Crippen molar-refractivity contribution in [2.45, 2.75) is 110 Å². The van der Waals surface area contributed by atoms with E-state index in [-0.39, 0.29) is 0 Å². The smallest absolute Gasteiger partial charge is 0.345 e. The Morgan fingerprint density at radius 1 is 0.551 bits per heavy atom. The number of imidazole rings is 2. The van der Waals surface area contributed by atoms with Gasteiger partial charge in [0.25, 0.3) is 0 Å². The Labute approximate surface area is 295 Å². The molecule has 4 rings (SSSR count). The van der Waals surface area contributed by atoms with Gasteiger partial charge in [-0.2, -0.15) is 0 Å². The summed E-state index contributed by atoms with van der Waals surface area (Å²) in [5, 5.41) is 0. The number of benzene rings is 2. The second-order valence-electron chi connectivity index (χ2n) is 13.1. The topological polar surface area (TPSA) is 60.8 Å². The van der Waals surface area contributed by atoms with Crippen LogP contribution in [0, 0.1) is 0 Å². The molecule has 0 aliphatic rings. The number of methoxy groups -OCH3 is 2. The van der Waals surface area contributed by atoms with Crippen LogP contribution in [-0.4, -0.2) is 35.1 Å². The van der Waals surface area contributed by atoms with Gasteiger partial charge in [-0.05, 0) is 67.5 Å². The van der Waals surface area contributed by atoms with Gasteiger partial charge in [0.15, 0.2) is 0 Å². The number of rotatable bonds is 20. The highest BCUT2D eigenvalue weighted by molar-refractivity contribution is 5.91. The first-order valence-electron chi connectivity index (χ1n) is 18.5. The van der Waals surface area contributed by atoms with Crippen LogP contribution < -0.4 is 9.13 Å². The maximum absolute atomic E-state index is 5.81. The summed E-state index contributed by atoms with van der Waals surface area (Å²) in [5.74, 6) is 3.22. The van der Waals surface area contributed by atoms with E-state index in [1.807, 2.05) is 14.1 Å². The standard InChI is InChI=1S/C41H60N6O2/c1-7-9-11-13-15-17-27-46-31-29-44(3)40(46)38(48-5)42-36-23-19-34(20-24-36)33-35-21-25-37(26-22-35)43-39(49-6)41-45(4)30-32-47(41)28-18-16-14-12-10-8-2/h19-26,29-32H,7-18,27-28,33H2,1-6H3/q+2/b42-38-,43-39-. The molecule has 4 aromatic rings. The van der Waals surface area contributed by atoms with Crippen molar-refractivity contribution in [1.82, 2.24) is 9.13 Å². The molecule has 0 bridgehead atoms. The van der Waals surface area contributed by atoms with E-state index in [4.69, 9.17) is 19.5 Å². The summed E-state index contributed by atoms with van der Waals surface area (Å²) in [6, 6.07) is 16.9. The lowest BCUT2D eigenvalue weighted by atomic mass is 10.0. The molecule has 0 aliphatic carbocycles. The summed E-state index contributed by atoms with van der Waals surface area (Å²) in [5.41, 5.74) is 4.20. The number of unbranched alkanes of at least 4 members (excludes halogenated alkanes) is 10. The third-order valence-corrected chi connectivity index (χ3v) is 9.17. The van der Waals surface area contributed by atoms with E-state index in [2.05, 4.69) is 105 Å². The quantitative estimate of drug-likeness (QED) is 0.0410. The van der Waals surface area contributed by atoms with Crippen LogP contribution in [0.3, 0.4) is 0 Å². The Balaban J connectivity index is 1.37. The van der Waals surface area contributed by atoms with Crippen molar-refractivity contribution in [2.75, 3.05) is 14.2 Å². The fourth-order valence-electron chi connectivity index (χ4n) is 6.30. The molecule has 0 spiro atoms. The van der Waals surface area contributed by atoms with Crippen LogP contribution in [0.15, 0.2) is 83.3 Å². The third-order valence-electron chi connectivity index (χ3n) is 9.17. The Morgan fingerprint density at radius 2 is 0.918 bits per heavy atom. The van der Waals surface area contributed by atoms with Crippen LogP contribution in [0.1, 0.15) is 114 Å². The van der Waals surface area contributed by atoms with E-state index in [0.717, 1.165) is 55.4 Å². The summed E-state index contributed by atoms with van der Waals surface area (Å²) in [4.78, 5) is 9.79. The van der Waals surface area contributed by atoms with Crippen molar-refractivity contribution in [3.05, 3.63) is 96.1 Å². The van der Waals surface area contributed by atoms with Crippen molar-refractivity contribution < 1.29 is 18.6 Å². The normalized spacial score (nSPS) is 12.1. The number of hydrogen-bond acceptors (Lipinski definition) is 4. The van der Waals surface area contributed by atoms with Crippen molar-refractivity contribution in [2.24, 2.45) is 24.1 Å². The van der Waals surface area contributed by atoms with Crippen molar-refractivity contribution in [3.8, 4) is 0 Å². The van der Waals surface area contributed by atoms with Gasteiger partial charge in [0.1, 0.15) is 24.8 Å². The average Bonchev–Trinajstić information content (AvgIpc) is 3.67. The lowest BCUT2D eigenvalue weighted by Gasteiger charge is -2.07. The SMILES string of the molecule is CCCCCCCC[n+]1ccn(C)c1/C(=N/c1ccc(Cc2ccc(/N=C(\OC)c3n(C)cc[n+]3CCCCCCCC)cc2)cc1)OC. The molecular formula is C41H60N6O2+2. The zero-order chi connectivity index (χ0) is 34.8. The van der Waals surface area contributed by atoms with Gasteiger partial charge < -0.3 is 9.47 Å². The molecular weight excluding hydrogens is 608 g/mol. The van der Waals surface area contributed by atoms with Gasteiger partial charge >= 0.3 is 23.4 Å². The van der Waals surface area contributed by atoms with E-state index in [0.29, 0.717) is 11.8 Å². The Kier molecular flexibility index (Phi) is 15.6. The Hall–Kier alpha value is -4.20. The highest BCUT2D eigenvalue weighted by atomic mass is 16.5. The van der Waals surface area contributed by atoms with Crippen molar-refractivity contribution in [3.63, 3.8) is 0 Å². The molecule has 264 valence electrons. The zero-order valence-corrected chi connectivity index (χ0v) is 31.0. The van der Waals surface area contributed by atoms with Crippen LogP contribution >= 0.6 is 0 Å². The maximum Gasteiger partial charge on any atom is 0.345 e. The number of aliphatic imine (C=N–C) groups is 2. The molecule has 0 aliphatic heterocycles. The number of ether oxygens (including phenoxy) is 2. The van der Waals surface area contributed by atoms with Crippen LogP contribution in [0.4, 0.5) is 11.4 Å². The Bertz CT molecular complexity index is 1480.